The molecular formula is C8H11F6N. The topological polar surface area (TPSA) is 26.0 Å². The molecule has 0 bridgehead atoms. The molecule has 0 aromatic rings. The van der Waals surface area contributed by atoms with Crippen molar-refractivity contribution in [3.8, 4) is 0 Å². The summed E-state index contributed by atoms with van der Waals surface area (Å²) in [6.45, 7) is 2.62. The Morgan fingerprint density at radius 1 is 1.00 bits per heavy atom. The van der Waals surface area contributed by atoms with Crippen molar-refractivity contribution in [3.63, 3.8) is 0 Å². The first-order chi connectivity index (χ1) is 6.40. The van der Waals surface area contributed by atoms with Crippen LogP contribution in [0.5, 0.6) is 0 Å². The van der Waals surface area contributed by atoms with E-state index in [1.165, 1.54) is 13.8 Å². The van der Waals surface area contributed by atoms with E-state index < -0.39 is 35.6 Å². The van der Waals surface area contributed by atoms with Crippen LogP contribution in [0.1, 0.15) is 13.8 Å². The maximum absolute atomic E-state index is 12.2. The molecule has 90 valence electrons. The SMILES string of the molecule is CC1(C)[C@@H](N)[C@@H]1C(C(F)(F)F)C(F)(F)F. The van der Waals surface area contributed by atoms with Crippen molar-refractivity contribution in [2.24, 2.45) is 23.0 Å². The molecule has 0 amide bonds. The number of rotatable bonds is 1. The quantitative estimate of drug-likeness (QED) is 0.695. The van der Waals surface area contributed by atoms with Crippen molar-refractivity contribution in [2.45, 2.75) is 32.2 Å². The fraction of sp³-hybridized carbons (Fsp3) is 1.00. The highest BCUT2D eigenvalue weighted by Crippen LogP contribution is 2.61. The number of halogens is 6. The van der Waals surface area contributed by atoms with Crippen LogP contribution in [0.25, 0.3) is 0 Å². The molecule has 0 radical (unpaired) electrons. The molecule has 7 heteroatoms. The third-order valence-electron chi connectivity index (χ3n) is 3.06. The Bertz CT molecular complexity index is 239. The predicted molar refractivity (Wildman–Crippen MR) is 40.8 cm³/mol. The highest BCUT2D eigenvalue weighted by atomic mass is 19.4. The number of hydrogen-bond acceptors (Lipinski definition) is 1. The fourth-order valence-corrected chi connectivity index (χ4v) is 1.95. The van der Waals surface area contributed by atoms with E-state index in [0.717, 1.165) is 0 Å². The van der Waals surface area contributed by atoms with E-state index in [0.29, 0.717) is 0 Å². The standard InChI is InChI=1S/C8H11F6N/c1-6(2)3(5(6)15)4(7(9,10)11)8(12,13)14/h3-5H,15H2,1-2H3/t3-,5-/m0/s1. The Kier molecular flexibility index (Phi) is 2.54. The van der Waals surface area contributed by atoms with Gasteiger partial charge in [0.05, 0.1) is 0 Å². The van der Waals surface area contributed by atoms with Crippen molar-refractivity contribution in [2.75, 3.05) is 0 Å². The van der Waals surface area contributed by atoms with Crippen molar-refractivity contribution >= 4 is 0 Å². The van der Waals surface area contributed by atoms with Crippen molar-refractivity contribution < 1.29 is 26.3 Å². The van der Waals surface area contributed by atoms with E-state index in [1.807, 2.05) is 0 Å². The molecule has 1 nitrogen and oxygen atoms in total. The van der Waals surface area contributed by atoms with Gasteiger partial charge in [-0.25, -0.2) is 0 Å². The minimum absolute atomic E-state index is 1.05. The molecule has 15 heavy (non-hydrogen) atoms. The van der Waals surface area contributed by atoms with Crippen LogP contribution in [0.15, 0.2) is 0 Å². The molecule has 0 spiro atoms. The van der Waals surface area contributed by atoms with Crippen LogP contribution in [0.4, 0.5) is 26.3 Å². The zero-order valence-corrected chi connectivity index (χ0v) is 8.08. The van der Waals surface area contributed by atoms with Crippen LogP contribution in [-0.4, -0.2) is 18.4 Å². The third-order valence-corrected chi connectivity index (χ3v) is 3.06. The van der Waals surface area contributed by atoms with E-state index in [-0.39, 0.29) is 0 Å². The molecule has 1 aliphatic rings. The van der Waals surface area contributed by atoms with E-state index in [2.05, 4.69) is 0 Å². The van der Waals surface area contributed by atoms with Crippen molar-refractivity contribution in [3.05, 3.63) is 0 Å². The van der Waals surface area contributed by atoms with Crippen molar-refractivity contribution in [1.82, 2.24) is 0 Å². The molecule has 0 aliphatic heterocycles. The van der Waals surface area contributed by atoms with E-state index in [1.54, 1.807) is 0 Å². The van der Waals surface area contributed by atoms with E-state index in [4.69, 9.17) is 5.73 Å². The lowest BCUT2D eigenvalue weighted by Crippen LogP contribution is -2.40. The third kappa shape index (κ3) is 2.07. The first-order valence-electron chi connectivity index (χ1n) is 4.29. The molecule has 0 aromatic carbocycles. The Hall–Kier alpha value is -0.460. The first-order valence-corrected chi connectivity index (χ1v) is 4.29. The second kappa shape index (κ2) is 3.02. The lowest BCUT2D eigenvalue weighted by atomic mass is 9.96. The van der Waals surface area contributed by atoms with Crippen LogP contribution in [-0.2, 0) is 0 Å². The minimum Gasteiger partial charge on any atom is -0.327 e. The molecule has 0 unspecified atom stereocenters. The Morgan fingerprint density at radius 2 is 1.27 bits per heavy atom. The van der Waals surface area contributed by atoms with Crippen LogP contribution in [0.2, 0.25) is 0 Å². The van der Waals surface area contributed by atoms with Gasteiger partial charge in [-0.1, -0.05) is 13.8 Å². The van der Waals surface area contributed by atoms with Crippen LogP contribution < -0.4 is 5.73 Å². The van der Waals surface area contributed by atoms with E-state index in [9.17, 15) is 26.3 Å². The van der Waals surface area contributed by atoms with Gasteiger partial charge in [-0.15, -0.1) is 0 Å². The second-order valence-corrected chi connectivity index (χ2v) is 4.43. The summed E-state index contributed by atoms with van der Waals surface area (Å²) in [5.41, 5.74) is 4.14. The monoisotopic (exact) mass is 235 g/mol. The maximum atomic E-state index is 12.2. The van der Waals surface area contributed by atoms with E-state index >= 15 is 0 Å². The maximum Gasteiger partial charge on any atom is 0.400 e. The normalized spacial score (nSPS) is 30.8. The number of nitrogens with two attached hydrogens (primary N) is 1. The second-order valence-electron chi connectivity index (χ2n) is 4.43. The summed E-state index contributed by atoms with van der Waals surface area (Å²) >= 11 is 0. The van der Waals surface area contributed by atoms with Gasteiger partial charge in [0.1, 0.15) is 0 Å². The molecule has 1 aliphatic carbocycles. The highest BCUT2D eigenvalue weighted by molar-refractivity contribution is 5.13. The van der Waals surface area contributed by atoms with Crippen molar-refractivity contribution in [1.29, 1.82) is 0 Å². The Morgan fingerprint density at radius 3 is 1.33 bits per heavy atom. The molecule has 2 N–H and O–H groups in total. The van der Waals surface area contributed by atoms with Gasteiger partial charge in [0.25, 0.3) is 0 Å². The lowest BCUT2D eigenvalue weighted by Gasteiger charge is -2.24. The largest absolute Gasteiger partial charge is 0.400 e. The van der Waals surface area contributed by atoms with Crippen LogP contribution in [0.3, 0.4) is 0 Å². The number of hydrogen-bond donors (Lipinski definition) is 1. The molecule has 0 aromatic heterocycles. The lowest BCUT2D eigenvalue weighted by molar-refractivity contribution is -0.292. The Balaban J connectivity index is 2.97. The van der Waals surface area contributed by atoms with Crippen LogP contribution in [0, 0.1) is 17.3 Å². The summed E-state index contributed by atoms with van der Waals surface area (Å²) in [6.07, 6.45) is -10.6. The minimum atomic E-state index is -5.28. The smallest absolute Gasteiger partial charge is 0.327 e. The van der Waals surface area contributed by atoms with Gasteiger partial charge in [-0.05, 0) is 5.41 Å². The summed E-state index contributed by atoms with van der Waals surface area (Å²) in [5, 5.41) is 0. The van der Waals surface area contributed by atoms with Gasteiger partial charge in [-0.3, -0.25) is 0 Å². The van der Waals surface area contributed by atoms with Gasteiger partial charge in [0.15, 0.2) is 5.92 Å². The predicted octanol–water partition coefficient (Wildman–Crippen LogP) is 2.71. The van der Waals surface area contributed by atoms with Gasteiger partial charge in [0, 0.05) is 12.0 Å². The van der Waals surface area contributed by atoms with Gasteiger partial charge in [0.2, 0.25) is 0 Å². The summed E-state index contributed by atoms with van der Waals surface area (Å²) < 4.78 is 73.5. The van der Waals surface area contributed by atoms with Crippen LogP contribution >= 0.6 is 0 Å². The molecule has 2 atom stereocenters. The molecular weight excluding hydrogens is 224 g/mol. The average Bonchev–Trinajstić information content (AvgIpc) is 2.32. The summed E-state index contributed by atoms with van der Waals surface area (Å²) in [5.74, 6) is -4.88. The molecule has 1 saturated carbocycles. The van der Waals surface area contributed by atoms with Gasteiger partial charge >= 0.3 is 12.4 Å². The summed E-state index contributed by atoms with van der Waals surface area (Å²) in [4.78, 5) is 0. The van der Waals surface area contributed by atoms with Gasteiger partial charge in [-0.2, -0.15) is 26.3 Å². The molecule has 1 fully saturated rings. The summed E-state index contributed by atoms with van der Waals surface area (Å²) in [6, 6.07) is -1.05. The molecule has 1 rings (SSSR count). The summed E-state index contributed by atoms with van der Waals surface area (Å²) in [7, 11) is 0. The average molecular weight is 235 g/mol. The fourth-order valence-electron chi connectivity index (χ4n) is 1.95. The first kappa shape index (κ1) is 12.6. The van der Waals surface area contributed by atoms with Gasteiger partial charge < -0.3 is 5.73 Å². The molecule has 0 saturated heterocycles. The number of alkyl halides is 6. The molecule has 0 heterocycles. The highest BCUT2D eigenvalue weighted by Gasteiger charge is 2.72. The zero-order valence-electron chi connectivity index (χ0n) is 8.08. The zero-order chi connectivity index (χ0) is 12.2. The Labute approximate surface area is 82.6 Å².